The Balaban J connectivity index is 1.34. The number of nitrogens with zero attached hydrogens (tertiary/aromatic N) is 3. The zero-order chi connectivity index (χ0) is 15.9. The van der Waals surface area contributed by atoms with Crippen molar-refractivity contribution in [2.75, 3.05) is 18.0 Å². The molecule has 120 valence electrons. The van der Waals surface area contributed by atoms with Gasteiger partial charge in [0.25, 0.3) is 0 Å². The lowest BCUT2D eigenvalue weighted by atomic mass is 9.96. The van der Waals surface area contributed by atoms with Gasteiger partial charge >= 0.3 is 0 Å². The van der Waals surface area contributed by atoms with Crippen LogP contribution in [0.4, 0.5) is 5.95 Å². The number of piperidine rings is 1. The van der Waals surface area contributed by atoms with E-state index in [9.17, 15) is 0 Å². The van der Waals surface area contributed by atoms with E-state index >= 15 is 0 Å². The Labute approximate surface area is 139 Å². The molecule has 0 amide bonds. The largest absolute Gasteiger partial charge is 0.342 e. The molecule has 5 heteroatoms. The van der Waals surface area contributed by atoms with Gasteiger partial charge in [0, 0.05) is 19.0 Å². The summed E-state index contributed by atoms with van der Waals surface area (Å²) in [5.41, 5.74) is 4.33. The van der Waals surface area contributed by atoms with Gasteiger partial charge in [-0.05, 0) is 37.1 Å². The van der Waals surface area contributed by atoms with Gasteiger partial charge in [0.1, 0.15) is 5.82 Å². The molecule has 5 nitrogen and oxygen atoms in total. The van der Waals surface area contributed by atoms with Gasteiger partial charge in [-0.2, -0.15) is 0 Å². The van der Waals surface area contributed by atoms with Crippen molar-refractivity contribution >= 4 is 28.0 Å². The number of H-pyrrole nitrogens is 2. The highest BCUT2D eigenvalue weighted by molar-refractivity contribution is 5.77. The van der Waals surface area contributed by atoms with E-state index in [1.165, 1.54) is 0 Å². The van der Waals surface area contributed by atoms with Crippen LogP contribution in [0.3, 0.4) is 0 Å². The molecular weight excluding hydrogens is 298 g/mol. The van der Waals surface area contributed by atoms with Gasteiger partial charge in [0.2, 0.25) is 5.95 Å². The Morgan fingerprint density at radius 2 is 1.42 bits per heavy atom. The molecule has 0 atom stereocenters. The fourth-order valence-electron chi connectivity index (χ4n) is 3.62. The molecule has 1 aliphatic rings. The molecule has 1 aliphatic heterocycles. The highest BCUT2D eigenvalue weighted by atomic mass is 15.3. The average Bonchev–Trinajstić information content (AvgIpc) is 3.25. The smallest absolute Gasteiger partial charge is 0.203 e. The fourth-order valence-corrected chi connectivity index (χ4v) is 3.62. The van der Waals surface area contributed by atoms with E-state index in [-0.39, 0.29) is 0 Å². The van der Waals surface area contributed by atoms with Gasteiger partial charge in [-0.15, -0.1) is 0 Å². The van der Waals surface area contributed by atoms with Crippen LogP contribution >= 0.6 is 0 Å². The van der Waals surface area contributed by atoms with Crippen molar-refractivity contribution in [3.05, 3.63) is 54.4 Å². The van der Waals surface area contributed by atoms with Crippen LogP contribution in [-0.2, 0) is 0 Å². The van der Waals surface area contributed by atoms with E-state index in [2.05, 4.69) is 45.2 Å². The maximum atomic E-state index is 4.77. The number of hydrogen-bond donors (Lipinski definition) is 2. The van der Waals surface area contributed by atoms with E-state index in [4.69, 9.17) is 9.97 Å². The van der Waals surface area contributed by atoms with Crippen LogP contribution < -0.4 is 4.90 Å². The summed E-state index contributed by atoms with van der Waals surface area (Å²) in [7, 11) is 0. The molecule has 1 saturated heterocycles. The molecule has 0 aliphatic carbocycles. The zero-order valence-electron chi connectivity index (χ0n) is 13.4. The number of nitrogens with one attached hydrogen (secondary N) is 2. The van der Waals surface area contributed by atoms with Crippen LogP contribution in [0, 0.1) is 0 Å². The molecule has 4 aromatic rings. The second kappa shape index (κ2) is 5.37. The second-order valence-electron chi connectivity index (χ2n) is 6.48. The summed E-state index contributed by atoms with van der Waals surface area (Å²) < 4.78 is 0. The second-order valence-corrected chi connectivity index (χ2v) is 6.48. The molecule has 24 heavy (non-hydrogen) atoms. The standard InChI is InChI=1S/C19H19N5/c1-2-6-15-14(5-1)20-18(21-15)13-9-11-24(12-10-13)19-22-16-7-3-4-8-17(16)23-19/h1-8,13H,9-12H2,(H,20,21)(H,22,23). The molecule has 0 saturated carbocycles. The summed E-state index contributed by atoms with van der Waals surface area (Å²) in [6.45, 7) is 2.00. The molecule has 0 bridgehead atoms. The first kappa shape index (κ1) is 13.6. The molecule has 2 aromatic carbocycles. The first-order chi connectivity index (χ1) is 11.9. The van der Waals surface area contributed by atoms with Gasteiger partial charge in [0.05, 0.1) is 22.1 Å². The highest BCUT2D eigenvalue weighted by Crippen LogP contribution is 2.29. The van der Waals surface area contributed by atoms with E-state index in [0.717, 1.165) is 59.8 Å². The van der Waals surface area contributed by atoms with Crippen LogP contribution in [0.1, 0.15) is 24.6 Å². The molecule has 5 rings (SSSR count). The lowest BCUT2D eigenvalue weighted by molar-refractivity contribution is 0.485. The Bertz CT molecular complexity index is 843. The van der Waals surface area contributed by atoms with Crippen LogP contribution in [0.25, 0.3) is 22.1 Å². The Morgan fingerprint density at radius 1 is 0.792 bits per heavy atom. The highest BCUT2D eigenvalue weighted by Gasteiger charge is 2.24. The zero-order valence-corrected chi connectivity index (χ0v) is 13.4. The number of hydrogen-bond acceptors (Lipinski definition) is 3. The van der Waals surface area contributed by atoms with Crippen molar-refractivity contribution in [2.45, 2.75) is 18.8 Å². The maximum Gasteiger partial charge on any atom is 0.203 e. The number of anilines is 1. The third-order valence-electron chi connectivity index (χ3n) is 4.97. The molecule has 0 unspecified atom stereocenters. The normalized spacial score (nSPS) is 16.2. The van der Waals surface area contributed by atoms with Crippen molar-refractivity contribution in [1.29, 1.82) is 0 Å². The molecule has 2 aromatic heterocycles. The van der Waals surface area contributed by atoms with Gasteiger partial charge in [-0.25, -0.2) is 9.97 Å². The number of para-hydroxylation sites is 4. The van der Waals surface area contributed by atoms with Gasteiger partial charge in [-0.1, -0.05) is 24.3 Å². The van der Waals surface area contributed by atoms with Crippen molar-refractivity contribution < 1.29 is 0 Å². The Morgan fingerprint density at radius 3 is 2.08 bits per heavy atom. The van der Waals surface area contributed by atoms with Crippen molar-refractivity contribution in [2.24, 2.45) is 0 Å². The van der Waals surface area contributed by atoms with E-state index in [1.54, 1.807) is 0 Å². The summed E-state index contributed by atoms with van der Waals surface area (Å²) in [6.07, 6.45) is 2.19. The first-order valence-corrected chi connectivity index (χ1v) is 8.51. The van der Waals surface area contributed by atoms with Crippen LogP contribution in [0.15, 0.2) is 48.5 Å². The molecule has 0 radical (unpaired) electrons. The Hall–Kier alpha value is -2.82. The molecule has 1 fully saturated rings. The van der Waals surface area contributed by atoms with E-state index in [1.807, 2.05) is 18.2 Å². The van der Waals surface area contributed by atoms with E-state index in [0.29, 0.717) is 5.92 Å². The third kappa shape index (κ3) is 2.24. The number of aromatic amines is 2. The van der Waals surface area contributed by atoms with Gasteiger partial charge in [0.15, 0.2) is 0 Å². The van der Waals surface area contributed by atoms with Crippen LogP contribution in [0.2, 0.25) is 0 Å². The first-order valence-electron chi connectivity index (χ1n) is 8.51. The number of imidazole rings is 2. The lowest BCUT2D eigenvalue weighted by Gasteiger charge is -2.30. The number of aromatic nitrogens is 4. The van der Waals surface area contributed by atoms with Crippen molar-refractivity contribution in [1.82, 2.24) is 19.9 Å². The minimum absolute atomic E-state index is 0.498. The number of fused-ring (bicyclic) bond motifs is 2. The molecule has 2 N–H and O–H groups in total. The minimum atomic E-state index is 0.498. The van der Waals surface area contributed by atoms with Gasteiger partial charge < -0.3 is 14.9 Å². The van der Waals surface area contributed by atoms with Crippen molar-refractivity contribution in [3.8, 4) is 0 Å². The summed E-state index contributed by atoms with van der Waals surface area (Å²) >= 11 is 0. The Kier molecular flexibility index (Phi) is 3.04. The molecular formula is C19H19N5. The number of rotatable bonds is 2. The SMILES string of the molecule is c1ccc2[nH]c(C3CCN(c4nc5ccccc5[nH]4)CC3)nc2c1. The maximum absolute atomic E-state index is 4.77. The lowest BCUT2D eigenvalue weighted by Crippen LogP contribution is -2.33. The predicted molar refractivity (Wildman–Crippen MR) is 96.4 cm³/mol. The average molecular weight is 317 g/mol. The topological polar surface area (TPSA) is 60.6 Å². The molecule has 3 heterocycles. The summed E-state index contributed by atoms with van der Waals surface area (Å²) in [5.74, 6) is 2.61. The monoisotopic (exact) mass is 317 g/mol. The minimum Gasteiger partial charge on any atom is -0.342 e. The summed E-state index contributed by atoms with van der Waals surface area (Å²) in [6, 6.07) is 16.4. The van der Waals surface area contributed by atoms with Crippen LogP contribution in [0.5, 0.6) is 0 Å². The summed E-state index contributed by atoms with van der Waals surface area (Å²) in [4.78, 5) is 18.8. The van der Waals surface area contributed by atoms with Crippen molar-refractivity contribution in [3.63, 3.8) is 0 Å². The quantitative estimate of drug-likeness (QED) is 0.591. The predicted octanol–water partition coefficient (Wildman–Crippen LogP) is 3.82. The van der Waals surface area contributed by atoms with Gasteiger partial charge in [-0.3, -0.25) is 0 Å². The third-order valence-corrected chi connectivity index (χ3v) is 4.97. The number of benzene rings is 2. The molecule has 0 spiro atoms. The van der Waals surface area contributed by atoms with Crippen LogP contribution in [-0.4, -0.2) is 33.0 Å². The van der Waals surface area contributed by atoms with E-state index < -0.39 is 0 Å². The summed E-state index contributed by atoms with van der Waals surface area (Å²) in [5, 5.41) is 0. The fraction of sp³-hybridized carbons (Fsp3) is 0.263.